The summed E-state index contributed by atoms with van der Waals surface area (Å²) in [6.07, 6.45) is 3.86. The van der Waals surface area contributed by atoms with Crippen molar-refractivity contribution in [1.29, 1.82) is 0 Å². The SMILES string of the molecule is N[C@@H]1[C@H](CO)N(C2CCCC2)[C@@]2(C(=O)Nc3cc(Cl)ccc32)[C@H]1c1cccc(Cl)c1F. The molecule has 2 heterocycles. The number of aliphatic hydroxyl groups is 1. The molecule has 1 saturated carbocycles. The highest BCUT2D eigenvalue weighted by molar-refractivity contribution is 6.31. The van der Waals surface area contributed by atoms with Gasteiger partial charge in [0.2, 0.25) is 5.91 Å². The summed E-state index contributed by atoms with van der Waals surface area (Å²) in [5.74, 6) is -1.58. The summed E-state index contributed by atoms with van der Waals surface area (Å²) in [5.41, 5.74) is 7.07. The Morgan fingerprint density at radius 3 is 2.68 bits per heavy atom. The molecule has 31 heavy (non-hydrogen) atoms. The van der Waals surface area contributed by atoms with Crippen molar-refractivity contribution in [2.45, 2.75) is 55.3 Å². The summed E-state index contributed by atoms with van der Waals surface area (Å²) in [6, 6.07) is 8.93. The molecule has 5 rings (SSSR count). The number of carbonyl (C=O) groups excluding carboxylic acids is 1. The van der Waals surface area contributed by atoms with Crippen molar-refractivity contribution < 1.29 is 14.3 Å². The maximum atomic E-state index is 15.3. The molecular formula is C23H24Cl2FN3O2. The van der Waals surface area contributed by atoms with Gasteiger partial charge in [0.25, 0.3) is 0 Å². The Labute approximate surface area is 190 Å². The molecule has 4 atom stereocenters. The minimum atomic E-state index is -1.26. The zero-order valence-corrected chi connectivity index (χ0v) is 18.3. The molecular weight excluding hydrogens is 440 g/mol. The molecule has 2 aromatic rings. The number of benzene rings is 2. The number of aliphatic hydroxyl groups excluding tert-OH is 1. The summed E-state index contributed by atoms with van der Waals surface area (Å²) in [6.45, 7) is -0.228. The molecule has 2 aliphatic heterocycles. The Kier molecular flexibility index (Phi) is 5.26. The second-order valence-corrected chi connectivity index (χ2v) is 9.55. The highest BCUT2D eigenvalue weighted by atomic mass is 35.5. The average molecular weight is 464 g/mol. The van der Waals surface area contributed by atoms with Crippen molar-refractivity contribution in [1.82, 2.24) is 4.90 Å². The average Bonchev–Trinajstić information content (AvgIpc) is 3.41. The van der Waals surface area contributed by atoms with Crippen LogP contribution in [0.3, 0.4) is 0 Å². The molecule has 0 aromatic heterocycles. The minimum Gasteiger partial charge on any atom is -0.395 e. The number of nitrogens with zero attached hydrogens (tertiary/aromatic N) is 1. The fraction of sp³-hybridized carbons (Fsp3) is 0.435. The van der Waals surface area contributed by atoms with Crippen LogP contribution in [0.1, 0.15) is 42.7 Å². The van der Waals surface area contributed by atoms with Crippen molar-refractivity contribution in [3.8, 4) is 0 Å². The Morgan fingerprint density at radius 2 is 1.97 bits per heavy atom. The van der Waals surface area contributed by atoms with E-state index in [2.05, 4.69) is 10.2 Å². The number of likely N-dealkylation sites (tertiary alicyclic amines) is 1. The summed E-state index contributed by atoms with van der Waals surface area (Å²) in [7, 11) is 0. The summed E-state index contributed by atoms with van der Waals surface area (Å²) < 4.78 is 15.3. The lowest BCUT2D eigenvalue weighted by molar-refractivity contribution is -0.130. The van der Waals surface area contributed by atoms with Crippen LogP contribution in [0.15, 0.2) is 36.4 Å². The topological polar surface area (TPSA) is 78.6 Å². The minimum absolute atomic E-state index is 0.0190. The van der Waals surface area contributed by atoms with Gasteiger partial charge in [0.15, 0.2) is 0 Å². The largest absolute Gasteiger partial charge is 0.395 e. The van der Waals surface area contributed by atoms with E-state index >= 15 is 4.39 Å². The van der Waals surface area contributed by atoms with Gasteiger partial charge in [-0.2, -0.15) is 0 Å². The Morgan fingerprint density at radius 1 is 1.23 bits per heavy atom. The fourth-order valence-electron chi connectivity index (χ4n) is 6.11. The lowest BCUT2D eigenvalue weighted by atomic mass is 9.73. The highest BCUT2D eigenvalue weighted by Gasteiger charge is 2.67. The standard InChI is InChI=1S/C23H24Cl2FN3O2/c24-12-8-9-15-17(10-12)28-22(31)23(15)19(14-6-3-7-16(25)20(14)26)21(27)18(11-30)29(23)13-4-1-2-5-13/h3,6-10,13,18-19,21,30H,1-2,4-5,11,27H2,(H,28,31)/t18-,19-,21+,23+/m0/s1. The third kappa shape index (κ3) is 2.89. The Bertz CT molecular complexity index is 1050. The van der Waals surface area contributed by atoms with Gasteiger partial charge in [0.1, 0.15) is 11.4 Å². The molecule has 8 heteroatoms. The molecule has 0 unspecified atom stereocenters. The van der Waals surface area contributed by atoms with E-state index in [1.54, 1.807) is 24.3 Å². The van der Waals surface area contributed by atoms with Gasteiger partial charge in [0, 0.05) is 34.3 Å². The smallest absolute Gasteiger partial charge is 0.250 e. The molecule has 1 amide bonds. The number of anilines is 1. The normalized spacial score (nSPS) is 30.9. The van der Waals surface area contributed by atoms with Crippen molar-refractivity contribution in [2.75, 3.05) is 11.9 Å². The molecule has 2 fully saturated rings. The molecule has 5 nitrogen and oxygen atoms in total. The molecule has 1 saturated heterocycles. The van der Waals surface area contributed by atoms with Gasteiger partial charge < -0.3 is 16.2 Å². The van der Waals surface area contributed by atoms with E-state index < -0.39 is 29.4 Å². The van der Waals surface area contributed by atoms with Gasteiger partial charge in [-0.15, -0.1) is 0 Å². The van der Waals surface area contributed by atoms with Crippen LogP contribution in [0, 0.1) is 5.82 Å². The van der Waals surface area contributed by atoms with Crippen LogP contribution in [0.4, 0.5) is 10.1 Å². The number of halogens is 3. The zero-order chi connectivity index (χ0) is 21.9. The van der Waals surface area contributed by atoms with Gasteiger partial charge >= 0.3 is 0 Å². The first-order valence-electron chi connectivity index (χ1n) is 10.6. The Hall–Kier alpha value is -1.70. The predicted molar refractivity (Wildman–Crippen MR) is 119 cm³/mol. The number of carbonyl (C=O) groups is 1. The molecule has 1 aliphatic carbocycles. The number of amides is 1. The third-order valence-corrected chi connectivity index (χ3v) is 7.78. The number of hydrogen-bond donors (Lipinski definition) is 3. The van der Waals surface area contributed by atoms with E-state index in [0.717, 1.165) is 25.7 Å². The first-order chi connectivity index (χ1) is 14.9. The molecule has 0 bridgehead atoms. The summed E-state index contributed by atoms with van der Waals surface area (Å²) in [4.78, 5) is 15.9. The van der Waals surface area contributed by atoms with Crippen LogP contribution < -0.4 is 11.1 Å². The molecule has 1 spiro atoms. The van der Waals surface area contributed by atoms with Gasteiger partial charge in [-0.3, -0.25) is 9.69 Å². The van der Waals surface area contributed by atoms with Gasteiger partial charge in [0.05, 0.1) is 17.7 Å². The number of nitrogens with two attached hydrogens (primary N) is 1. The lowest BCUT2D eigenvalue weighted by Gasteiger charge is -2.43. The van der Waals surface area contributed by atoms with Crippen LogP contribution in [0.25, 0.3) is 0 Å². The first-order valence-corrected chi connectivity index (χ1v) is 11.4. The number of hydrogen-bond acceptors (Lipinski definition) is 4. The molecule has 3 aliphatic rings. The summed E-state index contributed by atoms with van der Waals surface area (Å²) in [5, 5.41) is 13.8. The fourth-order valence-corrected chi connectivity index (χ4v) is 6.46. The van der Waals surface area contributed by atoms with Gasteiger partial charge in [-0.25, -0.2) is 4.39 Å². The van der Waals surface area contributed by atoms with E-state index in [1.807, 2.05) is 6.07 Å². The van der Waals surface area contributed by atoms with Crippen LogP contribution >= 0.6 is 23.2 Å². The van der Waals surface area contributed by atoms with Crippen molar-refractivity contribution in [3.63, 3.8) is 0 Å². The van der Waals surface area contributed by atoms with E-state index in [1.165, 1.54) is 6.07 Å². The predicted octanol–water partition coefficient (Wildman–Crippen LogP) is 4.01. The van der Waals surface area contributed by atoms with Crippen LogP contribution in [0.2, 0.25) is 10.0 Å². The van der Waals surface area contributed by atoms with E-state index in [0.29, 0.717) is 16.3 Å². The summed E-state index contributed by atoms with van der Waals surface area (Å²) >= 11 is 12.3. The van der Waals surface area contributed by atoms with Gasteiger partial charge in [-0.1, -0.05) is 54.2 Å². The molecule has 164 valence electrons. The molecule has 0 radical (unpaired) electrons. The second-order valence-electron chi connectivity index (χ2n) is 8.70. The van der Waals surface area contributed by atoms with E-state index in [-0.39, 0.29) is 29.1 Å². The van der Waals surface area contributed by atoms with E-state index in [9.17, 15) is 9.90 Å². The van der Waals surface area contributed by atoms with Crippen molar-refractivity contribution in [3.05, 3.63) is 63.4 Å². The third-order valence-electron chi connectivity index (χ3n) is 7.25. The van der Waals surface area contributed by atoms with Crippen LogP contribution in [-0.4, -0.2) is 40.6 Å². The van der Waals surface area contributed by atoms with Gasteiger partial charge in [-0.05, 0) is 36.6 Å². The number of fused-ring (bicyclic) bond motifs is 2. The molecule has 2 aromatic carbocycles. The number of nitrogens with one attached hydrogen (secondary N) is 1. The highest BCUT2D eigenvalue weighted by Crippen LogP contribution is 2.58. The zero-order valence-electron chi connectivity index (χ0n) is 16.8. The Balaban J connectivity index is 1.81. The van der Waals surface area contributed by atoms with Crippen molar-refractivity contribution >= 4 is 34.8 Å². The van der Waals surface area contributed by atoms with E-state index in [4.69, 9.17) is 28.9 Å². The van der Waals surface area contributed by atoms with Crippen LogP contribution in [0.5, 0.6) is 0 Å². The monoisotopic (exact) mass is 463 g/mol. The lowest BCUT2D eigenvalue weighted by Crippen LogP contribution is -2.56. The van der Waals surface area contributed by atoms with Crippen LogP contribution in [-0.2, 0) is 10.3 Å². The quantitative estimate of drug-likeness (QED) is 0.642. The second kappa shape index (κ2) is 7.71. The number of rotatable bonds is 3. The maximum absolute atomic E-state index is 15.3. The maximum Gasteiger partial charge on any atom is 0.250 e. The first kappa shape index (κ1) is 21.2. The molecule has 4 N–H and O–H groups in total. The van der Waals surface area contributed by atoms with Crippen molar-refractivity contribution in [2.24, 2.45) is 5.73 Å².